The molecule has 8 heteroatoms. The van der Waals surface area contributed by atoms with Gasteiger partial charge in [-0.2, -0.15) is 5.10 Å². The van der Waals surface area contributed by atoms with Gasteiger partial charge in [-0.05, 0) is 68.1 Å². The fourth-order valence-electron chi connectivity index (χ4n) is 4.23. The lowest BCUT2D eigenvalue weighted by molar-refractivity contribution is -0.114. The van der Waals surface area contributed by atoms with Crippen LogP contribution in [0.3, 0.4) is 0 Å². The lowest BCUT2D eigenvalue weighted by Crippen LogP contribution is -2.22. The van der Waals surface area contributed by atoms with E-state index >= 15 is 0 Å². The van der Waals surface area contributed by atoms with E-state index < -0.39 is 5.91 Å². The standard InChI is InChI=1S/C24H31ClN4O3/c1-15-2-3-16(10-22(15)25)8-9-32-23(26)21(12-27-29-13-17-11-18(17)14-29)24(31)28-19-4-6-20(30)7-5-19/h2-3,10,12,17-18,20,30H,4-9,11,13-14,26H2,1H3. The molecule has 2 unspecified atom stereocenters. The van der Waals surface area contributed by atoms with Crippen LogP contribution in [0.5, 0.6) is 0 Å². The summed E-state index contributed by atoms with van der Waals surface area (Å²) in [5.41, 5.74) is 9.19. The molecule has 3 N–H and O–H groups in total. The van der Waals surface area contributed by atoms with Gasteiger partial charge in [-0.15, -0.1) is 0 Å². The van der Waals surface area contributed by atoms with Crippen LogP contribution in [0.4, 0.5) is 0 Å². The molecule has 0 bridgehead atoms. The number of benzene rings is 1. The van der Waals surface area contributed by atoms with E-state index in [0.29, 0.717) is 43.7 Å². The number of aryl methyl sites for hydroxylation is 1. The predicted molar refractivity (Wildman–Crippen MR) is 126 cm³/mol. The van der Waals surface area contributed by atoms with Crippen LogP contribution in [-0.2, 0) is 16.0 Å². The van der Waals surface area contributed by atoms with Gasteiger partial charge in [0.25, 0.3) is 5.91 Å². The van der Waals surface area contributed by atoms with Gasteiger partial charge in [-0.3, -0.25) is 9.80 Å². The first kappa shape index (κ1) is 22.8. The third kappa shape index (κ3) is 5.90. The molecule has 0 spiro atoms. The van der Waals surface area contributed by atoms with E-state index in [2.05, 4.69) is 10.1 Å². The van der Waals surface area contributed by atoms with Crippen molar-refractivity contribution in [2.75, 3.05) is 19.7 Å². The number of hydrazone groups is 1. The van der Waals surface area contributed by atoms with Gasteiger partial charge in [0.2, 0.25) is 0 Å². The molecule has 3 fully saturated rings. The van der Waals surface area contributed by atoms with Crippen molar-refractivity contribution in [2.24, 2.45) is 27.7 Å². The average Bonchev–Trinajstić information content (AvgIpc) is 3.38. The number of nitrogens with two attached hydrogens (primary N) is 1. The molecule has 1 saturated heterocycles. The van der Waals surface area contributed by atoms with Crippen LogP contribution in [0.15, 0.2) is 39.7 Å². The van der Waals surface area contributed by atoms with Gasteiger partial charge in [0, 0.05) is 30.2 Å². The number of fused-ring (bicyclic) bond motifs is 1. The Bertz CT molecular complexity index is 939. The number of aliphatic hydroxyl groups is 1. The van der Waals surface area contributed by atoms with Crippen LogP contribution >= 0.6 is 11.6 Å². The zero-order valence-corrected chi connectivity index (χ0v) is 19.2. The van der Waals surface area contributed by atoms with E-state index in [1.54, 1.807) is 0 Å². The molecule has 172 valence electrons. The summed E-state index contributed by atoms with van der Waals surface area (Å²) in [7, 11) is 0. The normalized spacial score (nSPS) is 25.5. The van der Waals surface area contributed by atoms with Crippen molar-refractivity contribution in [2.45, 2.75) is 51.6 Å². The largest absolute Gasteiger partial charge is 0.478 e. The molecule has 32 heavy (non-hydrogen) atoms. The monoisotopic (exact) mass is 458 g/mol. The predicted octanol–water partition coefficient (Wildman–Crippen LogP) is 3.22. The Hall–Kier alpha value is -2.38. The first-order valence-electron chi connectivity index (χ1n) is 11.3. The Kier molecular flexibility index (Phi) is 7.16. The summed E-state index contributed by atoms with van der Waals surface area (Å²) in [6.07, 6.45) is 5.55. The Labute approximate surface area is 194 Å². The summed E-state index contributed by atoms with van der Waals surface area (Å²) in [4.78, 5) is 17.2. The molecule has 1 amide bonds. The fourth-order valence-corrected chi connectivity index (χ4v) is 4.43. The van der Waals surface area contributed by atoms with Crippen molar-refractivity contribution in [3.05, 3.63) is 45.8 Å². The second-order valence-corrected chi connectivity index (χ2v) is 9.45. The van der Waals surface area contributed by atoms with Gasteiger partial charge in [0.05, 0.1) is 18.9 Å². The first-order chi connectivity index (χ1) is 15.4. The topological polar surface area (TPSA) is 101 Å². The van der Waals surface area contributed by atoms with Gasteiger partial charge in [-0.25, -0.2) is 4.99 Å². The molecule has 2 saturated carbocycles. The van der Waals surface area contributed by atoms with Gasteiger partial charge < -0.3 is 15.6 Å². The number of hydrogen-bond acceptors (Lipinski definition) is 6. The number of aliphatic imine (C=N–C) groups is 1. The van der Waals surface area contributed by atoms with Crippen LogP contribution in [0.2, 0.25) is 5.02 Å². The summed E-state index contributed by atoms with van der Waals surface area (Å²) < 4.78 is 5.73. The quantitative estimate of drug-likeness (QED) is 0.371. The Morgan fingerprint density at radius 1 is 1.31 bits per heavy atom. The molecule has 3 aliphatic rings. The van der Waals surface area contributed by atoms with Crippen LogP contribution in [-0.4, -0.2) is 53.7 Å². The molecule has 1 heterocycles. The lowest BCUT2D eigenvalue weighted by atomic mass is 9.96. The summed E-state index contributed by atoms with van der Waals surface area (Å²) in [6, 6.07) is 5.88. The Morgan fingerprint density at radius 3 is 2.72 bits per heavy atom. The molecule has 1 aliphatic heterocycles. The van der Waals surface area contributed by atoms with Gasteiger partial charge in [0.15, 0.2) is 5.88 Å². The van der Waals surface area contributed by atoms with Crippen molar-refractivity contribution >= 4 is 29.4 Å². The summed E-state index contributed by atoms with van der Waals surface area (Å²) in [6.45, 7) is 4.11. The number of rotatable bonds is 7. The highest BCUT2D eigenvalue weighted by molar-refractivity contribution is 6.31. The molecule has 1 aromatic carbocycles. The summed E-state index contributed by atoms with van der Waals surface area (Å²) >= 11 is 6.19. The number of aliphatic hydroxyl groups excluding tert-OH is 1. The van der Waals surface area contributed by atoms with E-state index in [1.165, 1.54) is 12.6 Å². The number of carbonyl (C=O) groups is 1. The number of carbonyl (C=O) groups excluding carboxylic acids is 1. The summed E-state index contributed by atoms with van der Waals surface area (Å²) in [5.74, 6) is 1.06. The zero-order valence-electron chi connectivity index (χ0n) is 18.5. The van der Waals surface area contributed by atoms with E-state index in [0.717, 1.165) is 41.8 Å². The van der Waals surface area contributed by atoms with E-state index in [1.807, 2.05) is 30.1 Å². The number of ether oxygens (including phenoxy) is 1. The molecule has 0 radical (unpaired) electrons. The molecule has 2 atom stereocenters. The van der Waals surface area contributed by atoms with Gasteiger partial charge in [-0.1, -0.05) is 23.7 Å². The fraction of sp³-hybridized carbons (Fsp3) is 0.542. The SMILES string of the molecule is Cc1ccc(CCOC(N)=C(C=NN2CC3CC3C2)C(=O)N=C2CCC(O)CC2)cc1Cl. The zero-order chi connectivity index (χ0) is 22.7. The van der Waals surface area contributed by atoms with Crippen LogP contribution in [0, 0.1) is 18.8 Å². The van der Waals surface area contributed by atoms with E-state index in [-0.39, 0.29) is 17.6 Å². The third-order valence-corrected chi connectivity index (χ3v) is 6.89. The second kappa shape index (κ2) is 10.0. The highest BCUT2D eigenvalue weighted by Gasteiger charge is 2.44. The highest BCUT2D eigenvalue weighted by Crippen LogP contribution is 2.44. The summed E-state index contributed by atoms with van der Waals surface area (Å²) in [5, 5.41) is 16.9. The maximum absolute atomic E-state index is 12.9. The minimum absolute atomic E-state index is 0.0292. The highest BCUT2D eigenvalue weighted by atomic mass is 35.5. The Morgan fingerprint density at radius 2 is 2.03 bits per heavy atom. The molecular weight excluding hydrogens is 428 g/mol. The number of piperidine rings is 1. The lowest BCUT2D eigenvalue weighted by Gasteiger charge is -2.18. The molecule has 7 nitrogen and oxygen atoms in total. The second-order valence-electron chi connectivity index (χ2n) is 9.05. The molecule has 1 aromatic rings. The Balaban J connectivity index is 1.43. The number of halogens is 1. The number of nitrogens with zero attached hydrogens (tertiary/aromatic N) is 3. The van der Waals surface area contributed by atoms with Gasteiger partial charge in [0.1, 0.15) is 5.57 Å². The minimum atomic E-state index is -0.444. The van der Waals surface area contributed by atoms with Crippen molar-refractivity contribution in [3.63, 3.8) is 0 Å². The van der Waals surface area contributed by atoms with Crippen molar-refractivity contribution in [1.82, 2.24) is 5.01 Å². The first-order valence-corrected chi connectivity index (χ1v) is 11.7. The van der Waals surface area contributed by atoms with Crippen molar-refractivity contribution in [3.8, 4) is 0 Å². The smallest absolute Gasteiger partial charge is 0.283 e. The number of amides is 1. The van der Waals surface area contributed by atoms with E-state index in [9.17, 15) is 9.90 Å². The number of hydrogen-bond donors (Lipinski definition) is 2. The minimum Gasteiger partial charge on any atom is -0.478 e. The average molecular weight is 459 g/mol. The third-order valence-electron chi connectivity index (χ3n) is 6.48. The molecule has 0 aromatic heterocycles. The van der Waals surface area contributed by atoms with Crippen molar-refractivity contribution < 1.29 is 14.6 Å². The van der Waals surface area contributed by atoms with E-state index in [4.69, 9.17) is 22.1 Å². The maximum atomic E-state index is 12.9. The van der Waals surface area contributed by atoms with Gasteiger partial charge >= 0.3 is 0 Å². The molecule has 2 aliphatic carbocycles. The van der Waals surface area contributed by atoms with Crippen LogP contribution in [0.25, 0.3) is 0 Å². The van der Waals surface area contributed by atoms with Crippen LogP contribution in [0.1, 0.15) is 43.2 Å². The maximum Gasteiger partial charge on any atom is 0.283 e. The van der Waals surface area contributed by atoms with Crippen molar-refractivity contribution in [1.29, 1.82) is 0 Å². The van der Waals surface area contributed by atoms with Crippen LogP contribution < -0.4 is 5.73 Å². The molecular formula is C24H31ClN4O3. The molecule has 4 rings (SSSR count).